The maximum Gasteiger partial charge on any atom is 0.140 e. The average Bonchev–Trinajstić information content (AvgIpc) is 2.84. The molecule has 2 heterocycles. The molecule has 5 nitrogen and oxygen atoms in total. The molecule has 0 amide bonds. The van der Waals surface area contributed by atoms with Gasteiger partial charge in [-0.15, -0.1) is 0 Å². The molecule has 2 aromatic heterocycles. The lowest BCUT2D eigenvalue weighted by Crippen LogP contribution is -2.19. The second-order valence-corrected chi connectivity index (χ2v) is 5.15. The van der Waals surface area contributed by atoms with Crippen molar-refractivity contribution in [3.8, 4) is 0 Å². The molecule has 1 unspecified atom stereocenters. The molecule has 0 bridgehead atoms. The molecule has 0 radical (unpaired) electrons. The van der Waals surface area contributed by atoms with Gasteiger partial charge in [0.2, 0.25) is 0 Å². The molecule has 108 valence electrons. The van der Waals surface area contributed by atoms with Crippen LogP contribution < -0.4 is 5.32 Å². The Labute approximate surface area is 121 Å². The number of hydrogen-bond donors (Lipinski definition) is 2. The Hall–Kier alpha value is -2.50. The average molecular weight is 285 g/mol. The molecule has 0 saturated heterocycles. The van der Waals surface area contributed by atoms with Crippen LogP contribution in [0.2, 0.25) is 0 Å². The normalized spacial score (nSPS) is 12.5. The number of anilines is 1. The second-order valence-electron chi connectivity index (χ2n) is 5.15. The van der Waals surface area contributed by atoms with E-state index in [0.717, 1.165) is 17.8 Å². The summed E-state index contributed by atoms with van der Waals surface area (Å²) >= 11 is 0. The third-order valence-electron chi connectivity index (χ3n) is 3.27. The number of nitrogens with one attached hydrogen (secondary N) is 2. The summed E-state index contributed by atoms with van der Waals surface area (Å²) in [6.45, 7) is 3.97. The van der Waals surface area contributed by atoms with E-state index in [4.69, 9.17) is 0 Å². The van der Waals surface area contributed by atoms with Gasteiger partial charge in [0.15, 0.2) is 0 Å². The van der Waals surface area contributed by atoms with Gasteiger partial charge >= 0.3 is 0 Å². The minimum atomic E-state index is -0.321. The lowest BCUT2D eigenvalue weighted by molar-refractivity contribution is 0.639. The van der Waals surface area contributed by atoms with Crippen LogP contribution in [-0.2, 0) is 6.42 Å². The van der Waals surface area contributed by atoms with E-state index in [1.165, 1.54) is 12.4 Å². The highest BCUT2D eigenvalue weighted by molar-refractivity contribution is 5.89. The molecular formula is C15H16FN5. The third kappa shape index (κ3) is 2.84. The van der Waals surface area contributed by atoms with Gasteiger partial charge in [-0.2, -0.15) is 5.10 Å². The fraction of sp³-hybridized carbons (Fsp3) is 0.267. The van der Waals surface area contributed by atoms with Crippen molar-refractivity contribution in [1.82, 2.24) is 20.2 Å². The third-order valence-corrected chi connectivity index (χ3v) is 3.27. The Bertz CT molecular complexity index is 762. The summed E-state index contributed by atoms with van der Waals surface area (Å²) in [5.41, 5.74) is 2.58. The number of aromatic amines is 1. The maximum atomic E-state index is 14.0. The van der Waals surface area contributed by atoms with Gasteiger partial charge in [0.05, 0.1) is 16.6 Å². The number of aromatic nitrogens is 4. The number of rotatable bonds is 4. The molecule has 21 heavy (non-hydrogen) atoms. The first-order valence-electron chi connectivity index (χ1n) is 6.80. The van der Waals surface area contributed by atoms with Gasteiger partial charge in [-0.05, 0) is 32.0 Å². The molecular weight excluding hydrogens is 269 g/mol. The van der Waals surface area contributed by atoms with Gasteiger partial charge < -0.3 is 5.32 Å². The summed E-state index contributed by atoms with van der Waals surface area (Å²) in [7, 11) is 0. The van der Waals surface area contributed by atoms with Crippen LogP contribution in [0.4, 0.5) is 10.2 Å². The highest BCUT2D eigenvalue weighted by Gasteiger charge is 2.12. The summed E-state index contributed by atoms with van der Waals surface area (Å²) in [6, 6.07) is 6.90. The molecule has 6 heteroatoms. The number of halogens is 1. The molecule has 3 rings (SSSR count). The number of H-pyrrole nitrogens is 1. The molecule has 3 aromatic rings. The van der Waals surface area contributed by atoms with E-state index in [-0.39, 0.29) is 11.9 Å². The topological polar surface area (TPSA) is 66.5 Å². The number of aryl methyl sites for hydroxylation is 1. The van der Waals surface area contributed by atoms with Crippen LogP contribution in [0.25, 0.3) is 10.9 Å². The molecule has 2 N–H and O–H groups in total. The van der Waals surface area contributed by atoms with E-state index in [1.54, 1.807) is 12.1 Å². The fourth-order valence-corrected chi connectivity index (χ4v) is 2.35. The predicted octanol–water partition coefficient (Wildman–Crippen LogP) is 2.84. The van der Waals surface area contributed by atoms with Gasteiger partial charge in [0.1, 0.15) is 18.0 Å². The van der Waals surface area contributed by atoms with E-state index in [9.17, 15) is 4.39 Å². The molecule has 1 atom stereocenters. The van der Waals surface area contributed by atoms with E-state index in [1.807, 2.05) is 19.9 Å². The van der Waals surface area contributed by atoms with E-state index < -0.39 is 0 Å². The Morgan fingerprint density at radius 2 is 2.19 bits per heavy atom. The minimum Gasteiger partial charge on any atom is -0.367 e. The smallest absolute Gasteiger partial charge is 0.140 e. The minimum absolute atomic E-state index is 0.0745. The van der Waals surface area contributed by atoms with Crippen molar-refractivity contribution in [3.05, 3.63) is 47.8 Å². The van der Waals surface area contributed by atoms with Crippen LogP contribution >= 0.6 is 0 Å². The number of benzene rings is 1. The summed E-state index contributed by atoms with van der Waals surface area (Å²) < 4.78 is 14.0. The predicted molar refractivity (Wildman–Crippen MR) is 79.6 cm³/mol. The largest absolute Gasteiger partial charge is 0.367 e. The number of nitrogens with zero attached hydrogens (tertiary/aromatic N) is 3. The van der Waals surface area contributed by atoms with Crippen LogP contribution in [0.1, 0.15) is 18.3 Å². The first kappa shape index (κ1) is 13.5. The Morgan fingerprint density at radius 3 is 2.95 bits per heavy atom. The molecule has 0 fully saturated rings. The number of hydrogen-bond acceptors (Lipinski definition) is 4. The van der Waals surface area contributed by atoms with Gasteiger partial charge in [-0.1, -0.05) is 6.07 Å². The monoisotopic (exact) mass is 285 g/mol. The Balaban J connectivity index is 1.84. The maximum absolute atomic E-state index is 14.0. The molecule has 0 aliphatic heterocycles. The van der Waals surface area contributed by atoms with Crippen molar-refractivity contribution in [2.24, 2.45) is 0 Å². The van der Waals surface area contributed by atoms with Crippen molar-refractivity contribution < 1.29 is 4.39 Å². The highest BCUT2D eigenvalue weighted by atomic mass is 19.1. The van der Waals surface area contributed by atoms with Crippen LogP contribution in [0, 0.1) is 12.7 Å². The molecule has 0 aliphatic rings. The summed E-state index contributed by atoms with van der Waals surface area (Å²) in [4.78, 5) is 8.25. The molecule has 1 aromatic carbocycles. The summed E-state index contributed by atoms with van der Waals surface area (Å²) in [5.74, 6) is 0.191. The van der Waals surface area contributed by atoms with Crippen LogP contribution in [-0.4, -0.2) is 26.2 Å². The fourth-order valence-electron chi connectivity index (χ4n) is 2.35. The van der Waals surface area contributed by atoms with Gasteiger partial charge in [0.25, 0.3) is 0 Å². The van der Waals surface area contributed by atoms with E-state index >= 15 is 0 Å². The zero-order valence-electron chi connectivity index (χ0n) is 11.9. The first-order valence-corrected chi connectivity index (χ1v) is 6.80. The Morgan fingerprint density at radius 1 is 1.33 bits per heavy atom. The molecule has 0 spiro atoms. The van der Waals surface area contributed by atoms with Crippen LogP contribution in [0.15, 0.2) is 30.6 Å². The van der Waals surface area contributed by atoms with Crippen molar-refractivity contribution in [2.75, 3.05) is 5.32 Å². The summed E-state index contributed by atoms with van der Waals surface area (Å²) in [6.07, 6.45) is 2.17. The standard InChI is InChI=1S/C15H16FN5/c1-9(6-11-7-10(2)20-21-11)19-15-14-12(16)4-3-5-13(14)17-8-18-15/h3-5,7-9H,6H2,1-2H3,(H,20,21)(H,17,18,19). The summed E-state index contributed by atoms with van der Waals surface area (Å²) in [5, 5.41) is 10.8. The second kappa shape index (κ2) is 5.47. The lowest BCUT2D eigenvalue weighted by atomic mass is 10.1. The quantitative estimate of drug-likeness (QED) is 0.773. The van der Waals surface area contributed by atoms with Crippen LogP contribution in [0.3, 0.4) is 0 Å². The number of fused-ring (bicyclic) bond motifs is 1. The van der Waals surface area contributed by atoms with E-state index in [2.05, 4.69) is 25.5 Å². The zero-order chi connectivity index (χ0) is 14.8. The molecule has 0 saturated carbocycles. The van der Waals surface area contributed by atoms with Gasteiger partial charge in [0, 0.05) is 18.2 Å². The lowest BCUT2D eigenvalue weighted by Gasteiger charge is -2.14. The van der Waals surface area contributed by atoms with Crippen molar-refractivity contribution >= 4 is 16.7 Å². The van der Waals surface area contributed by atoms with Crippen molar-refractivity contribution in [3.63, 3.8) is 0 Å². The van der Waals surface area contributed by atoms with Crippen molar-refractivity contribution in [1.29, 1.82) is 0 Å². The molecule has 0 aliphatic carbocycles. The highest BCUT2D eigenvalue weighted by Crippen LogP contribution is 2.23. The van der Waals surface area contributed by atoms with Gasteiger partial charge in [-0.3, -0.25) is 5.10 Å². The SMILES string of the molecule is Cc1cc(CC(C)Nc2ncnc3cccc(F)c23)n[nH]1. The van der Waals surface area contributed by atoms with Crippen molar-refractivity contribution in [2.45, 2.75) is 26.3 Å². The zero-order valence-corrected chi connectivity index (χ0v) is 11.9. The first-order chi connectivity index (χ1) is 10.1. The Kier molecular flexibility index (Phi) is 3.51. The van der Waals surface area contributed by atoms with E-state index in [0.29, 0.717) is 16.7 Å². The van der Waals surface area contributed by atoms with Crippen LogP contribution in [0.5, 0.6) is 0 Å². The van der Waals surface area contributed by atoms with Gasteiger partial charge in [-0.25, -0.2) is 14.4 Å².